The molecule has 3 aromatic rings. The molecule has 0 atom stereocenters. The Morgan fingerprint density at radius 2 is 0.944 bits per heavy atom. The first-order valence-corrected chi connectivity index (χ1v) is 11.8. The highest BCUT2D eigenvalue weighted by molar-refractivity contribution is 5.97. The Balaban J connectivity index is 1.70. The molecule has 2 aromatic heterocycles. The third-order valence-corrected chi connectivity index (χ3v) is 5.93. The van der Waals surface area contributed by atoms with Crippen LogP contribution in [0.3, 0.4) is 0 Å². The summed E-state index contributed by atoms with van der Waals surface area (Å²) >= 11 is 0. The zero-order chi connectivity index (χ0) is 26.2. The van der Waals surface area contributed by atoms with Crippen LogP contribution >= 0.6 is 0 Å². The second kappa shape index (κ2) is 12.1. The van der Waals surface area contributed by atoms with Crippen LogP contribution < -0.4 is 22.2 Å². The third-order valence-electron chi connectivity index (χ3n) is 5.93. The number of ether oxygens (including phenoxy) is 2. The van der Waals surface area contributed by atoms with E-state index >= 15 is 0 Å². The lowest BCUT2D eigenvalue weighted by Gasteiger charge is -2.02. The van der Waals surface area contributed by atoms with E-state index in [0.717, 1.165) is 21.3 Å². The number of fused-ring (bicyclic) bond motifs is 2. The fourth-order valence-electron chi connectivity index (χ4n) is 4.04. The van der Waals surface area contributed by atoms with Gasteiger partial charge in [0.25, 0.3) is 22.2 Å². The average Bonchev–Trinajstić information content (AvgIpc) is 3.25. The number of unbranched alkanes of at least 4 members (excludes halogenated alkanes) is 4. The molecule has 0 unspecified atom stereocenters. The van der Waals surface area contributed by atoms with Gasteiger partial charge in [0, 0.05) is 25.2 Å². The summed E-state index contributed by atoms with van der Waals surface area (Å²) in [6.45, 7) is 7.44. The number of rotatable bonds is 14. The van der Waals surface area contributed by atoms with Crippen molar-refractivity contribution in [3.63, 3.8) is 0 Å². The minimum absolute atomic E-state index is 0.116. The molecule has 0 bridgehead atoms. The van der Waals surface area contributed by atoms with Gasteiger partial charge in [0.05, 0.1) is 34.8 Å². The summed E-state index contributed by atoms with van der Waals surface area (Å²) in [5.74, 6) is -1.00. The maximum Gasteiger partial charge on any atom is 0.330 e. The van der Waals surface area contributed by atoms with Gasteiger partial charge < -0.3 is 9.47 Å². The summed E-state index contributed by atoms with van der Waals surface area (Å²) in [6.07, 6.45) is 5.64. The Hall–Kier alpha value is -4.08. The van der Waals surface area contributed by atoms with Crippen molar-refractivity contribution in [1.82, 2.24) is 9.13 Å². The van der Waals surface area contributed by atoms with Crippen molar-refractivity contribution < 1.29 is 19.1 Å². The summed E-state index contributed by atoms with van der Waals surface area (Å²) in [7, 11) is 0. The quantitative estimate of drug-likeness (QED) is 0.187. The molecule has 1 aromatic carbocycles. The number of aromatic nitrogens is 2. The molecule has 0 N–H and O–H groups in total. The highest BCUT2D eigenvalue weighted by Gasteiger charge is 2.19. The van der Waals surface area contributed by atoms with E-state index in [1.807, 2.05) is 0 Å². The number of hydrogen-bond donors (Lipinski definition) is 0. The number of nitrogens with zero attached hydrogens (tertiary/aromatic N) is 2. The van der Waals surface area contributed by atoms with E-state index in [-0.39, 0.29) is 47.8 Å². The summed E-state index contributed by atoms with van der Waals surface area (Å²) < 4.78 is 12.0. The SMILES string of the molecule is C=CC(=O)OCCCCCn1c(=O)c2cc3c(=O)n(CCCCCOC(=O)C=C)c(=O)c3cc2c1=O. The fourth-order valence-corrected chi connectivity index (χ4v) is 4.04. The first-order valence-electron chi connectivity index (χ1n) is 11.8. The minimum Gasteiger partial charge on any atom is -0.463 e. The maximum absolute atomic E-state index is 12.8. The predicted octanol–water partition coefficient (Wildman–Crippen LogP) is 1.71. The zero-order valence-corrected chi connectivity index (χ0v) is 20.0. The highest BCUT2D eigenvalue weighted by atomic mass is 16.5. The molecule has 3 rings (SSSR count). The van der Waals surface area contributed by atoms with Gasteiger partial charge in [-0.3, -0.25) is 28.3 Å². The van der Waals surface area contributed by atoms with Crippen molar-refractivity contribution in [2.45, 2.75) is 51.6 Å². The summed E-state index contributed by atoms with van der Waals surface area (Å²) in [6, 6.07) is 2.68. The molecular formula is C26H28N2O8. The molecule has 36 heavy (non-hydrogen) atoms. The summed E-state index contributed by atoms with van der Waals surface area (Å²) in [5, 5.41) is 0.466. The van der Waals surface area contributed by atoms with Crippen LogP contribution in [0.25, 0.3) is 21.5 Å². The van der Waals surface area contributed by atoms with Crippen LogP contribution in [0.4, 0.5) is 0 Å². The molecule has 0 radical (unpaired) electrons. The number of esters is 2. The van der Waals surface area contributed by atoms with Crippen LogP contribution in [0.1, 0.15) is 38.5 Å². The lowest BCUT2D eigenvalue weighted by molar-refractivity contribution is -0.138. The Bertz CT molecular complexity index is 1310. The Kier molecular flexibility index (Phi) is 8.88. The molecule has 0 amide bonds. The van der Waals surface area contributed by atoms with Gasteiger partial charge in [0.15, 0.2) is 0 Å². The van der Waals surface area contributed by atoms with Gasteiger partial charge in [0.1, 0.15) is 0 Å². The molecule has 2 heterocycles. The van der Waals surface area contributed by atoms with Crippen LogP contribution in [-0.4, -0.2) is 34.3 Å². The van der Waals surface area contributed by atoms with E-state index in [4.69, 9.17) is 9.47 Å². The molecule has 190 valence electrons. The molecule has 0 aliphatic heterocycles. The highest BCUT2D eigenvalue weighted by Crippen LogP contribution is 2.15. The second-order valence-electron chi connectivity index (χ2n) is 8.33. The van der Waals surface area contributed by atoms with Gasteiger partial charge in [-0.25, -0.2) is 9.59 Å². The van der Waals surface area contributed by atoms with Crippen LogP contribution in [0.5, 0.6) is 0 Å². The van der Waals surface area contributed by atoms with Crippen LogP contribution in [0, 0.1) is 0 Å². The molecular weight excluding hydrogens is 468 g/mol. The van der Waals surface area contributed by atoms with Crippen LogP contribution in [0.2, 0.25) is 0 Å². The van der Waals surface area contributed by atoms with Gasteiger partial charge in [-0.05, 0) is 50.7 Å². The first kappa shape index (κ1) is 26.5. The number of carbonyl (C=O) groups is 2. The molecule has 0 fully saturated rings. The predicted molar refractivity (Wildman–Crippen MR) is 135 cm³/mol. The topological polar surface area (TPSA) is 131 Å². The van der Waals surface area contributed by atoms with Crippen molar-refractivity contribution in [2.24, 2.45) is 0 Å². The molecule has 0 aliphatic rings. The van der Waals surface area contributed by atoms with E-state index < -0.39 is 34.2 Å². The monoisotopic (exact) mass is 496 g/mol. The fraction of sp³-hybridized carbons (Fsp3) is 0.385. The van der Waals surface area contributed by atoms with E-state index in [0.29, 0.717) is 38.5 Å². The smallest absolute Gasteiger partial charge is 0.330 e. The first-order chi connectivity index (χ1) is 17.3. The molecule has 0 spiro atoms. The van der Waals surface area contributed by atoms with E-state index in [2.05, 4.69) is 13.2 Å². The average molecular weight is 497 g/mol. The Morgan fingerprint density at radius 3 is 1.25 bits per heavy atom. The lowest BCUT2D eigenvalue weighted by atomic mass is 10.1. The number of benzene rings is 1. The van der Waals surface area contributed by atoms with E-state index in [1.165, 1.54) is 12.1 Å². The summed E-state index contributed by atoms with van der Waals surface area (Å²) in [4.78, 5) is 73.4. The van der Waals surface area contributed by atoms with Gasteiger partial charge in [-0.15, -0.1) is 0 Å². The van der Waals surface area contributed by atoms with Crippen molar-refractivity contribution in [3.8, 4) is 0 Å². The molecule has 10 nitrogen and oxygen atoms in total. The third kappa shape index (κ3) is 5.76. The largest absolute Gasteiger partial charge is 0.463 e. The number of hydrogen-bond acceptors (Lipinski definition) is 8. The van der Waals surface area contributed by atoms with Crippen molar-refractivity contribution in [1.29, 1.82) is 0 Å². The standard InChI is InChI=1S/C26H28N2O8/c1-3-21(29)35-13-9-5-7-11-27-23(31)17-15-19-20(16-18(17)24(27)32)26(34)28(25(19)33)12-8-6-10-14-36-22(30)4-2/h3-4,15-16H,1-2,5-14H2. The van der Waals surface area contributed by atoms with Crippen molar-refractivity contribution >= 4 is 33.5 Å². The van der Waals surface area contributed by atoms with Crippen molar-refractivity contribution in [2.75, 3.05) is 13.2 Å². The van der Waals surface area contributed by atoms with E-state index in [1.54, 1.807) is 0 Å². The lowest BCUT2D eigenvalue weighted by Crippen LogP contribution is -2.26. The zero-order valence-electron chi connectivity index (χ0n) is 20.0. The van der Waals surface area contributed by atoms with Crippen molar-refractivity contribution in [3.05, 3.63) is 78.9 Å². The van der Waals surface area contributed by atoms with Gasteiger partial charge in [0.2, 0.25) is 0 Å². The van der Waals surface area contributed by atoms with E-state index in [9.17, 15) is 28.8 Å². The van der Waals surface area contributed by atoms with Crippen LogP contribution in [0.15, 0.2) is 56.6 Å². The minimum atomic E-state index is -0.502. The Morgan fingerprint density at radius 1 is 0.611 bits per heavy atom. The molecule has 0 aliphatic carbocycles. The van der Waals surface area contributed by atoms with Gasteiger partial charge in [-0.1, -0.05) is 13.2 Å². The normalized spacial score (nSPS) is 11.1. The summed E-state index contributed by atoms with van der Waals surface area (Å²) in [5.41, 5.74) is -1.99. The Labute approximate surface area is 205 Å². The second-order valence-corrected chi connectivity index (χ2v) is 8.33. The number of carbonyl (C=O) groups excluding carboxylic acids is 2. The van der Waals surface area contributed by atoms with Gasteiger partial charge >= 0.3 is 11.9 Å². The molecule has 10 heteroatoms. The maximum atomic E-state index is 12.8. The van der Waals surface area contributed by atoms with Gasteiger partial charge in [-0.2, -0.15) is 0 Å². The molecule has 0 saturated carbocycles. The molecule has 0 saturated heterocycles. The van der Waals surface area contributed by atoms with Crippen LogP contribution in [-0.2, 0) is 32.2 Å².